The van der Waals surface area contributed by atoms with E-state index >= 15 is 0 Å². The molecular weight excluding hydrogens is 475 g/mol. The Hall–Kier alpha value is -4.11. The average Bonchev–Trinajstić information content (AvgIpc) is 2.78. The number of anilines is 1. The number of sulfone groups is 1. The van der Waals surface area contributed by atoms with Crippen molar-refractivity contribution in [2.45, 2.75) is 11.1 Å². The minimum absolute atomic E-state index is 0.00174. The van der Waals surface area contributed by atoms with E-state index in [4.69, 9.17) is 14.7 Å². The van der Waals surface area contributed by atoms with Gasteiger partial charge in [0, 0.05) is 24.2 Å². The summed E-state index contributed by atoms with van der Waals surface area (Å²) in [7, 11) is -2.29. The van der Waals surface area contributed by atoms with Crippen molar-refractivity contribution in [3.8, 4) is 23.4 Å². The molecule has 176 valence electrons. The SMILES string of the molecule is COc1cc(C#N)ccc1Oc1ncc(C(F)(F)F)cc1C(=O)Nc1cccc(S(C)(=O)=O)c1. The Labute approximate surface area is 192 Å². The van der Waals surface area contributed by atoms with Gasteiger partial charge in [-0.3, -0.25) is 4.79 Å². The number of hydrogen-bond donors (Lipinski definition) is 1. The van der Waals surface area contributed by atoms with Crippen molar-refractivity contribution < 1.29 is 35.9 Å². The van der Waals surface area contributed by atoms with E-state index in [1.54, 1.807) is 0 Å². The van der Waals surface area contributed by atoms with Crippen LogP contribution in [-0.4, -0.2) is 32.7 Å². The third kappa shape index (κ3) is 5.62. The number of nitriles is 1. The van der Waals surface area contributed by atoms with E-state index in [1.807, 2.05) is 6.07 Å². The third-order valence-corrected chi connectivity index (χ3v) is 5.55. The second kappa shape index (κ2) is 9.40. The number of halogens is 3. The molecule has 0 aliphatic heterocycles. The van der Waals surface area contributed by atoms with Gasteiger partial charge >= 0.3 is 6.18 Å². The van der Waals surface area contributed by atoms with Crippen LogP contribution in [0.1, 0.15) is 21.5 Å². The van der Waals surface area contributed by atoms with Crippen molar-refractivity contribution in [1.29, 1.82) is 5.26 Å². The summed E-state index contributed by atoms with van der Waals surface area (Å²) < 4.78 is 74.0. The van der Waals surface area contributed by atoms with Crippen LogP contribution in [0.4, 0.5) is 18.9 Å². The van der Waals surface area contributed by atoms with Gasteiger partial charge in [0.1, 0.15) is 5.56 Å². The van der Waals surface area contributed by atoms with Gasteiger partial charge < -0.3 is 14.8 Å². The van der Waals surface area contributed by atoms with Crippen LogP contribution in [0.2, 0.25) is 0 Å². The number of rotatable bonds is 6. The number of aromatic nitrogens is 1. The first-order valence-electron chi connectivity index (χ1n) is 9.37. The number of ether oxygens (including phenoxy) is 2. The number of nitrogens with zero attached hydrogens (tertiary/aromatic N) is 2. The number of carbonyl (C=O) groups is 1. The molecule has 12 heteroatoms. The monoisotopic (exact) mass is 491 g/mol. The summed E-state index contributed by atoms with van der Waals surface area (Å²) in [5, 5.41) is 11.4. The average molecular weight is 491 g/mol. The zero-order chi connectivity index (χ0) is 25.1. The number of methoxy groups -OCH3 is 1. The number of alkyl halides is 3. The molecule has 1 amide bonds. The van der Waals surface area contributed by atoms with Crippen LogP contribution in [-0.2, 0) is 16.0 Å². The lowest BCUT2D eigenvalue weighted by Gasteiger charge is -2.15. The van der Waals surface area contributed by atoms with Gasteiger partial charge in [0.2, 0.25) is 5.88 Å². The molecule has 8 nitrogen and oxygen atoms in total. The predicted molar refractivity (Wildman–Crippen MR) is 115 cm³/mol. The number of benzene rings is 2. The van der Waals surface area contributed by atoms with Crippen LogP contribution in [0.5, 0.6) is 17.4 Å². The first kappa shape index (κ1) is 24.5. The van der Waals surface area contributed by atoms with E-state index in [2.05, 4.69) is 10.3 Å². The van der Waals surface area contributed by atoms with Gasteiger partial charge in [-0.15, -0.1) is 0 Å². The molecule has 1 N–H and O–H groups in total. The summed E-state index contributed by atoms with van der Waals surface area (Å²) in [5.74, 6) is -1.39. The molecule has 3 aromatic rings. The predicted octanol–water partition coefficient (Wildman–Crippen LogP) is 4.43. The molecule has 0 fully saturated rings. The summed E-state index contributed by atoms with van der Waals surface area (Å²) >= 11 is 0. The molecule has 1 aromatic heterocycles. The minimum atomic E-state index is -4.79. The third-order valence-electron chi connectivity index (χ3n) is 4.44. The van der Waals surface area contributed by atoms with E-state index in [0.717, 1.165) is 6.26 Å². The largest absolute Gasteiger partial charge is 0.493 e. The zero-order valence-corrected chi connectivity index (χ0v) is 18.5. The van der Waals surface area contributed by atoms with E-state index in [9.17, 15) is 26.4 Å². The van der Waals surface area contributed by atoms with E-state index in [1.165, 1.54) is 49.6 Å². The van der Waals surface area contributed by atoms with Crippen LogP contribution in [0.15, 0.2) is 59.6 Å². The van der Waals surface area contributed by atoms with Crippen molar-refractivity contribution in [1.82, 2.24) is 4.98 Å². The summed E-state index contributed by atoms with van der Waals surface area (Å²) in [6, 6.07) is 11.8. The maximum Gasteiger partial charge on any atom is 0.417 e. The highest BCUT2D eigenvalue weighted by molar-refractivity contribution is 7.90. The molecule has 3 rings (SSSR count). The van der Waals surface area contributed by atoms with Crippen LogP contribution >= 0.6 is 0 Å². The molecule has 0 saturated heterocycles. The maximum atomic E-state index is 13.3. The standard InChI is InChI=1S/C22H16F3N3O5S/c1-32-19-8-13(11-26)6-7-18(19)33-21-17(9-14(12-27-21)22(23,24)25)20(29)28-15-4-3-5-16(10-15)34(2,30)31/h3-10,12H,1-2H3,(H,28,29). The number of hydrogen-bond acceptors (Lipinski definition) is 7. The van der Waals surface area contributed by atoms with Gasteiger partial charge in [-0.05, 0) is 36.4 Å². The van der Waals surface area contributed by atoms with Crippen molar-refractivity contribution >= 4 is 21.4 Å². The lowest BCUT2D eigenvalue weighted by molar-refractivity contribution is -0.137. The molecule has 0 spiro atoms. The molecule has 0 bridgehead atoms. The van der Waals surface area contributed by atoms with Crippen LogP contribution < -0.4 is 14.8 Å². The lowest BCUT2D eigenvalue weighted by atomic mass is 10.1. The number of amides is 1. The topological polar surface area (TPSA) is 118 Å². The smallest absolute Gasteiger partial charge is 0.417 e. The van der Waals surface area contributed by atoms with Gasteiger partial charge in [0.05, 0.1) is 29.2 Å². The molecule has 0 atom stereocenters. The van der Waals surface area contributed by atoms with Gasteiger partial charge in [0.25, 0.3) is 5.91 Å². The number of nitrogens with one attached hydrogen (secondary N) is 1. The summed E-state index contributed by atoms with van der Waals surface area (Å²) in [5.41, 5.74) is -1.48. The first-order chi connectivity index (χ1) is 15.9. The molecule has 34 heavy (non-hydrogen) atoms. The molecular formula is C22H16F3N3O5S. The fourth-order valence-corrected chi connectivity index (χ4v) is 3.45. The molecule has 0 unspecified atom stereocenters. The van der Waals surface area contributed by atoms with Crippen LogP contribution in [0, 0.1) is 11.3 Å². The lowest BCUT2D eigenvalue weighted by Crippen LogP contribution is -2.16. The Morgan fingerprint density at radius 2 is 1.85 bits per heavy atom. The Morgan fingerprint density at radius 1 is 1.12 bits per heavy atom. The second-order valence-corrected chi connectivity index (χ2v) is 8.92. The highest BCUT2D eigenvalue weighted by atomic mass is 32.2. The molecule has 0 aliphatic rings. The van der Waals surface area contributed by atoms with Gasteiger partial charge in [-0.25, -0.2) is 13.4 Å². The molecule has 2 aromatic carbocycles. The highest BCUT2D eigenvalue weighted by Crippen LogP contribution is 2.36. The Bertz CT molecular complexity index is 1400. The summed E-state index contributed by atoms with van der Waals surface area (Å²) in [4.78, 5) is 16.5. The fourth-order valence-electron chi connectivity index (χ4n) is 2.78. The number of pyridine rings is 1. The van der Waals surface area contributed by atoms with Gasteiger partial charge in [-0.2, -0.15) is 18.4 Å². The van der Waals surface area contributed by atoms with E-state index in [0.29, 0.717) is 12.3 Å². The van der Waals surface area contributed by atoms with E-state index < -0.39 is 38.9 Å². The molecule has 0 radical (unpaired) electrons. The Kier molecular flexibility index (Phi) is 6.78. The van der Waals surface area contributed by atoms with Gasteiger partial charge in [0.15, 0.2) is 21.3 Å². The molecule has 0 saturated carbocycles. The van der Waals surface area contributed by atoms with E-state index in [-0.39, 0.29) is 27.6 Å². The summed E-state index contributed by atoms with van der Waals surface area (Å²) in [6.07, 6.45) is -3.31. The van der Waals surface area contributed by atoms with Crippen molar-refractivity contribution in [3.05, 3.63) is 71.4 Å². The van der Waals surface area contributed by atoms with Crippen molar-refractivity contribution in [2.75, 3.05) is 18.7 Å². The van der Waals surface area contributed by atoms with Crippen LogP contribution in [0.3, 0.4) is 0 Å². The Balaban J connectivity index is 2.03. The van der Waals surface area contributed by atoms with Gasteiger partial charge in [-0.1, -0.05) is 6.07 Å². The Morgan fingerprint density at radius 3 is 2.47 bits per heavy atom. The second-order valence-electron chi connectivity index (χ2n) is 6.91. The first-order valence-corrected chi connectivity index (χ1v) is 11.3. The van der Waals surface area contributed by atoms with Crippen LogP contribution in [0.25, 0.3) is 0 Å². The number of carbonyl (C=O) groups excluding carboxylic acids is 1. The molecule has 0 aliphatic carbocycles. The summed E-state index contributed by atoms with van der Waals surface area (Å²) in [6.45, 7) is 0. The quantitative estimate of drug-likeness (QED) is 0.542. The van der Waals surface area contributed by atoms with Crippen molar-refractivity contribution in [3.63, 3.8) is 0 Å². The maximum absolute atomic E-state index is 13.3. The minimum Gasteiger partial charge on any atom is -0.493 e. The molecule has 1 heterocycles. The normalized spacial score (nSPS) is 11.4. The zero-order valence-electron chi connectivity index (χ0n) is 17.7. The van der Waals surface area contributed by atoms with Crippen molar-refractivity contribution in [2.24, 2.45) is 0 Å². The fraction of sp³-hybridized carbons (Fsp3) is 0.136. The highest BCUT2D eigenvalue weighted by Gasteiger charge is 2.33.